The minimum atomic E-state index is -1.45. The van der Waals surface area contributed by atoms with Gasteiger partial charge in [0.2, 0.25) is 0 Å². The molecule has 0 bridgehead atoms. The Balaban J connectivity index is 0.00000200. The molecule has 8 heteroatoms. The van der Waals surface area contributed by atoms with Crippen molar-refractivity contribution in [3.05, 3.63) is 29.2 Å². The van der Waals surface area contributed by atoms with Gasteiger partial charge in [-0.3, -0.25) is 14.5 Å². The van der Waals surface area contributed by atoms with Crippen molar-refractivity contribution in [1.29, 1.82) is 0 Å². The summed E-state index contributed by atoms with van der Waals surface area (Å²) in [6.45, 7) is 4.47. The summed E-state index contributed by atoms with van der Waals surface area (Å²) >= 11 is 1.36. The quantitative estimate of drug-likeness (QED) is 0.175. The van der Waals surface area contributed by atoms with Crippen molar-refractivity contribution in [2.24, 2.45) is 0 Å². The number of amides is 1. The van der Waals surface area contributed by atoms with Crippen LogP contribution in [0.15, 0.2) is 29.2 Å². The van der Waals surface area contributed by atoms with Crippen LogP contribution in [0.5, 0.6) is 0 Å². The molecule has 6 nitrogen and oxygen atoms in total. The standard InChI is InChI=1S/C12H11NO5S.Na/c1-3-8-10(15)13-9(12(16)17)7(4-18-6(2)14)5-19-11(8)13;/h11H,1,4-5H2,2H3,(H,16,17);/q;+1/p-1/t11-;/m1./s1. The molecule has 0 aromatic heterocycles. The van der Waals surface area contributed by atoms with E-state index in [4.69, 9.17) is 4.74 Å². The molecule has 0 unspecified atom stereocenters. The van der Waals surface area contributed by atoms with Crippen molar-refractivity contribution in [3.8, 4) is 0 Å². The Labute approximate surface area is 141 Å². The fraction of sp³-hybridized carbons (Fsp3) is 0.333. The van der Waals surface area contributed by atoms with Gasteiger partial charge in [0.05, 0.1) is 17.2 Å². The number of carboxylic acid groups (broad SMARTS) is 1. The summed E-state index contributed by atoms with van der Waals surface area (Å²) < 4.78 is 4.78. The minimum absolute atomic E-state index is 0. The van der Waals surface area contributed by atoms with E-state index >= 15 is 0 Å². The van der Waals surface area contributed by atoms with E-state index in [2.05, 4.69) is 12.3 Å². The molecule has 0 saturated carbocycles. The van der Waals surface area contributed by atoms with Gasteiger partial charge in [0.25, 0.3) is 5.91 Å². The average Bonchev–Trinajstić information content (AvgIpc) is 2.35. The van der Waals surface area contributed by atoms with Gasteiger partial charge in [-0.25, -0.2) is 0 Å². The van der Waals surface area contributed by atoms with E-state index in [1.54, 1.807) is 0 Å². The maximum atomic E-state index is 11.8. The molecule has 2 rings (SSSR count). The number of fused-ring (bicyclic) bond motifs is 1. The average molecular weight is 303 g/mol. The van der Waals surface area contributed by atoms with Crippen LogP contribution in [0.2, 0.25) is 0 Å². The molecule has 2 aliphatic rings. The summed E-state index contributed by atoms with van der Waals surface area (Å²) in [5.41, 5.74) is 3.01. The van der Waals surface area contributed by atoms with Crippen LogP contribution < -0.4 is 34.7 Å². The first kappa shape index (κ1) is 17.1. The molecule has 0 N–H and O–H groups in total. The zero-order valence-corrected chi connectivity index (χ0v) is 13.9. The number of aliphatic carboxylic acids is 1. The Bertz CT molecular complexity index is 564. The summed E-state index contributed by atoms with van der Waals surface area (Å²) in [6, 6.07) is 0. The Hall–Kier alpha value is -0.980. The fourth-order valence-electron chi connectivity index (χ4n) is 1.90. The van der Waals surface area contributed by atoms with Crippen LogP contribution in [0.1, 0.15) is 6.92 Å². The normalized spacial score (nSPS) is 20.4. The van der Waals surface area contributed by atoms with Crippen molar-refractivity contribution in [3.63, 3.8) is 0 Å². The third-order valence-electron chi connectivity index (χ3n) is 2.76. The topological polar surface area (TPSA) is 86.7 Å². The van der Waals surface area contributed by atoms with Crippen LogP contribution in [0.25, 0.3) is 0 Å². The van der Waals surface area contributed by atoms with E-state index in [1.807, 2.05) is 0 Å². The van der Waals surface area contributed by atoms with Crippen LogP contribution in [-0.2, 0) is 19.1 Å². The molecule has 100 valence electrons. The Morgan fingerprint density at radius 2 is 2.25 bits per heavy atom. The van der Waals surface area contributed by atoms with Gasteiger partial charge in [-0.05, 0) is 0 Å². The summed E-state index contributed by atoms with van der Waals surface area (Å²) in [7, 11) is 0. The molecule has 1 saturated heterocycles. The second-order valence-corrected chi connectivity index (χ2v) is 5.02. The van der Waals surface area contributed by atoms with Crippen molar-refractivity contribution < 1.29 is 53.8 Å². The van der Waals surface area contributed by atoms with Gasteiger partial charge in [0.1, 0.15) is 12.0 Å². The molecule has 1 fully saturated rings. The maximum absolute atomic E-state index is 11.8. The largest absolute Gasteiger partial charge is 1.00 e. The van der Waals surface area contributed by atoms with Gasteiger partial charge in [-0.1, -0.05) is 6.58 Å². The van der Waals surface area contributed by atoms with Gasteiger partial charge in [-0.15, -0.1) is 17.5 Å². The molecule has 2 aliphatic heterocycles. The van der Waals surface area contributed by atoms with Crippen LogP contribution >= 0.6 is 11.8 Å². The molecule has 0 aromatic rings. The Morgan fingerprint density at radius 1 is 1.60 bits per heavy atom. The zero-order chi connectivity index (χ0) is 14.2. The van der Waals surface area contributed by atoms with Crippen LogP contribution in [-0.4, -0.2) is 40.5 Å². The van der Waals surface area contributed by atoms with Crippen molar-refractivity contribution in [2.75, 3.05) is 12.4 Å². The van der Waals surface area contributed by atoms with E-state index in [-0.39, 0.29) is 47.2 Å². The van der Waals surface area contributed by atoms with E-state index in [9.17, 15) is 19.5 Å². The summed E-state index contributed by atoms with van der Waals surface area (Å²) in [5.74, 6) is -2.08. The number of ether oxygens (including phenoxy) is 1. The molecule has 0 radical (unpaired) electrons. The van der Waals surface area contributed by atoms with Gasteiger partial charge < -0.3 is 14.6 Å². The summed E-state index contributed by atoms with van der Waals surface area (Å²) in [6.07, 6.45) is 0. The second kappa shape index (κ2) is 6.65. The van der Waals surface area contributed by atoms with E-state index in [1.165, 1.54) is 18.7 Å². The maximum Gasteiger partial charge on any atom is 1.00 e. The number of hydrogen-bond acceptors (Lipinski definition) is 6. The summed E-state index contributed by atoms with van der Waals surface area (Å²) in [4.78, 5) is 34.8. The van der Waals surface area contributed by atoms with Crippen molar-refractivity contribution in [2.45, 2.75) is 12.3 Å². The van der Waals surface area contributed by atoms with E-state index < -0.39 is 17.8 Å². The van der Waals surface area contributed by atoms with Gasteiger partial charge in [-0.2, -0.15) is 0 Å². The Kier molecular flexibility index (Phi) is 5.68. The Morgan fingerprint density at radius 3 is 2.75 bits per heavy atom. The zero-order valence-electron chi connectivity index (χ0n) is 11.1. The number of carboxylic acids is 1. The number of carbonyl (C=O) groups excluding carboxylic acids is 3. The first-order valence-corrected chi connectivity index (χ1v) is 6.44. The smallest absolute Gasteiger partial charge is 0.543 e. The molecule has 1 atom stereocenters. The number of carbonyl (C=O) groups is 3. The number of rotatable bonds is 3. The number of thioether (sulfide) groups is 1. The number of β-lactam (4-membered cyclic amide) rings is 1. The van der Waals surface area contributed by atoms with E-state index in [0.29, 0.717) is 16.9 Å². The fourth-order valence-corrected chi connectivity index (χ4v) is 3.18. The molecular weight excluding hydrogens is 293 g/mol. The minimum Gasteiger partial charge on any atom is -0.543 e. The third-order valence-corrected chi connectivity index (χ3v) is 4.03. The molecular formula is C12H10NNaO5S. The van der Waals surface area contributed by atoms with Crippen LogP contribution in [0, 0.1) is 0 Å². The van der Waals surface area contributed by atoms with Crippen molar-refractivity contribution in [1.82, 2.24) is 4.90 Å². The molecule has 0 spiro atoms. The molecule has 2 heterocycles. The van der Waals surface area contributed by atoms with E-state index in [0.717, 1.165) is 4.90 Å². The van der Waals surface area contributed by atoms with Crippen molar-refractivity contribution >= 4 is 29.6 Å². The van der Waals surface area contributed by atoms with Gasteiger partial charge >= 0.3 is 35.5 Å². The first-order chi connectivity index (χ1) is 8.97. The number of esters is 1. The SMILES string of the molecule is C=C=C1C(=O)N2C(C(=O)[O-])=C(COC(C)=O)CS[C@H]12.[Na+]. The van der Waals surface area contributed by atoms with Crippen LogP contribution in [0.4, 0.5) is 0 Å². The summed E-state index contributed by atoms with van der Waals surface area (Å²) in [5, 5.41) is 10.8. The molecule has 1 amide bonds. The number of nitrogens with zero attached hydrogens (tertiary/aromatic N) is 1. The van der Waals surface area contributed by atoms with Gasteiger partial charge in [0, 0.05) is 18.2 Å². The van der Waals surface area contributed by atoms with Gasteiger partial charge in [0.15, 0.2) is 0 Å². The molecule has 20 heavy (non-hydrogen) atoms. The molecule has 0 aromatic carbocycles. The van der Waals surface area contributed by atoms with Crippen LogP contribution in [0.3, 0.4) is 0 Å². The monoisotopic (exact) mass is 303 g/mol. The number of hydrogen-bond donors (Lipinski definition) is 0. The molecule has 0 aliphatic carbocycles. The predicted molar refractivity (Wildman–Crippen MR) is 64.4 cm³/mol. The first-order valence-electron chi connectivity index (χ1n) is 5.39. The predicted octanol–water partition coefficient (Wildman–Crippen LogP) is -3.82. The third kappa shape index (κ3) is 2.87. The second-order valence-electron chi connectivity index (χ2n) is 3.95.